The predicted molar refractivity (Wildman–Crippen MR) is 52.0 cm³/mol. The highest BCUT2D eigenvalue weighted by Gasteiger charge is 2.55. The van der Waals surface area contributed by atoms with Crippen LogP contribution in [0.25, 0.3) is 0 Å². The van der Waals surface area contributed by atoms with Gasteiger partial charge in [0.1, 0.15) is 0 Å². The van der Waals surface area contributed by atoms with Crippen molar-refractivity contribution >= 4 is 11.9 Å². The first-order valence-electron chi connectivity index (χ1n) is 5.47. The molecule has 6 nitrogen and oxygen atoms in total. The number of amides is 1. The first kappa shape index (κ1) is 11.3. The highest BCUT2D eigenvalue weighted by atomic mass is 16.7. The zero-order valence-electron chi connectivity index (χ0n) is 9.14. The maximum Gasteiger partial charge on any atom is 0.345 e. The van der Waals surface area contributed by atoms with E-state index in [2.05, 4.69) is 0 Å². The Balaban J connectivity index is 2.14. The normalized spacial score (nSPS) is 33.8. The molecule has 2 fully saturated rings. The summed E-state index contributed by atoms with van der Waals surface area (Å²) in [5.74, 6) is -2.83. The van der Waals surface area contributed by atoms with Gasteiger partial charge in [-0.25, -0.2) is 4.79 Å². The molecule has 1 amide bonds. The molecular formula is C10H15NO5. The van der Waals surface area contributed by atoms with Crippen LogP contribution in [0.5, 0.6) is 0 Å². The average molecular weight is 229 g/mol. The van der Waals surface area contributed by atoms with E-state index in [1.54, 1.807) is 6.92 Å². The van der Waals surface area contributed by atoms with Gasteiger partial charge in [0.25, 0.3) is 11.8 Å². The highest BCUT2D eigenvalue weighted by molar-refractivity contribution is 6.02. The second-order valence-corrected chi connectivity index (χ2v) is 3.94. The fraction of sp³-hybridized carbons (Fsp3) is 0.800. The Bertz CT molecular complexity index is 318. The van der Waals surface area contributed by atoms with Crippen molar-refractivity contribution < 1.29 is 24.2 Å². The van der Waals surface area contributed by atoms with Gasteiger partial charge in [0, 0.05) is 13.0 Å². The van der Waals surface area contributed by atoms with Crippen molar-refractivity contribution in [2.75, 3.05) is 13.2 Å². The average Bonchev–Trinajstić information content (AvgIpc) is 2.52. The smallest absolute Gasteiger partial charge is 0.345 e. The van der Waals surface area contributed by atoms with E-state index in [1.807, 2.05) is 0 Å². The largest absolute Gasteiger partial charge is 0.464 e. The molecule has 2 saturated heterocycles. The van der Waals surface area contributed by atoms with E-state index < -0.39 is 23.9 Å². The first-order chi connectivity index (χ1) is 7.58. The molecule has 0 saturated carbocycles. The lowest BCUT2D eigenvalue weighted by molar-refractivity contribution is -0.268. The molecule has 2 heterocycles. The molecule has 0 aromatic rings. The number of aliphatic hydroxyl groups is 1. The summed E-state index contributed by atoms with van der Waals surface area (Å²) >= 11 is 0. The van der Waals surface area contributed by atoms with Crippen LogP contribution in [0.4, 0.5) is 0 Å². The van der Waals surface area contributed by atoms with Crippen molar-refractivity contribution in [2.24, 2.45) is 0 Å². The van der Waals surface area contributed by atoms with Crippen LogP contribution < -0.4 is 0 Å². The standard InChI is InChI=1S/C10H15NO5/c1-2-15-9(13)7-8(12)11-6-4-3-5-10(11,14)16-7/h7,14H,2-6H2,1H3. The van der Waals surface area contributed by atoms with E-state index in [0.717, 1.165) is 12.8 Å². The monoisotopic (exact) mass is 229 g/mol. The molecule has 0 aromatic carbocycles. The molecule has 0 spiro atoms. The summed E-state index contributed by atoms with van der Waals surface area (Å²) in [4.78, 5) is 24.5. The summed E-state index contributed by atoms with van der Waals surface area (Å²) in [5.41, 5.74) is 0. The Morgan fingerprint density at radius 2 is 2.44 bits per heavy atom. The van der Waals surface area contributed by atoms with Crippen LogP contribution in [-0.2, 0) is 19.1 Å². The topological polar surface area (TPSA) is 76.1 Å². The van der Waals surface area contributed by atoms with Gasteiger partial charge >= 0.3 is 5.97 Å². The summed E-state index contributed by atoms with van der Waals surface area (Å²) < 4.78 is 9.86. The van der Waals surface area contributed by atoms with E-state index in [0.29, 0.717) is 13.0 Å². The minimum absolute atomic E-state index is 0.185. The van der Waals surface area contributed by atoms with Gasteiger partial charge in [-0.3, -0.25) is 9.69 Å². The number of fused-ring (bicyclic) bond motifs is 1. The second-order valence-electron chi connectivity index (χ2n) is 3.94. The predicted octanol–water partition coefficient (Wildman–Crippen LogP) is -0.393. The van der Waals surface area contributed by atoms with Crippen molar-refractivity contribution in [2.45, 2.75) is 38.2 Å². The zero-order chi connectivity index (χ0) is 11.8. The number of carbonyl (C=O) groups excluding carboxylic acids is 2. The van der Waals surface area contributed by atoms with E-state index >= 15 is 0 Å². The quantitative estimate of drug-likeness (QED) is 0.515. The molecule has 2 aliphatic rings. The molecular weight excluding hydrogens is 214 g/mol. The van der Waals surface area contributed by atoms with E-state index in [4.69, 9.17) is 9.47 Å². The lowest BCUT2D eigenvalue weighted by Gasteiger charge is -2.35. The van der Waals surface area contributed by atoms with Crippen molar-refractivity contribution in [3.63, 3.8) is 0 Å². The maximum atomic E-state index is 11.8. The first-order valence-corrected chi connectivity index (χ1v) is 5.47. The molecule has 0 radical (unpaired) electrons. The molecule has 0 aliphatic carbocycles. The summed E-state index contributed by atoms with van der Waals surface area (Å²) in [7, 11) is 0. The van der Waals surface area contributed by atoms with Gasteiger partial charge in [-0.15, -0.1) is 0 Å². The van der Waals surface area contributed by atoms with Gasteiger partial charge < -0.3 is 14.6 Å². The summed E-state index contributed by atoms with van der Waals surface area (Å²) in [6, 6.07) is 0. The van der Waals surface area contributed by atoms with Crippen LogP contribution in [0.2, 0.25) is 0 Å². The number of piperidine rings is 1. The molecule has 1 N–H and O–H groups in total. The van der Waals surface area contributed by atoms with Gasteiger partial charge in [-0.2, -0.15) is 0 Å². The molecule has 0 aromatic heterocycles. The summed E-state index contributed by atoms with van der Waals surface area (Å²) in [6.45, 7) is 2.26. The third-order valence-electron chi connectivity index (χ3n) is 2.85. The number of carbonyl (C=O) groups is 2. The Hall–Kier alpha value is -1.14. The van der Waals surface area contributed by atoms with Crippen LogP contribution in [0.1, 0.15) is 26.2 Å². The molecule has 2 atom stereocenters. The minimum atomic E-state index is -1.60. The Morgan fingerprint density at radius 1 is 1.69 bits per heavy atom. The molecule has 2 aliphatic heterocycles. The zero-order valence-corrected chi connectivity index (χ0v) is 9.14. The molecule has 16 heavy (non-hydrogen) atoms. The third kappa shape index (κ3) is 1.68. The van der Waals surface area contributed by atoms with E-state index in [1.165, 1.54) is 4.90 Å². The number of esters is 1. The second kappa shape index (κ2) is 4.03. The fourth-order valence-electron chi connectivity index (χ4n) is 2.09. The summed E-state index contributed by atoms with van der Waals surface area (Å²) in [6.07, 6.45) is 0.625. The van der Waals surface area contributed by atoms with Gasteiger partial charge in [0.2, 0.25) is 6.10 Å². The number of nitrogens with zero attached hydrogens (tertiary/aromatic N) is 1. The van der Waals surface area contributed by atoms with E-state index in [-0.39, 0.29) is 6.61 Å². The number of ether oxygens (including phenoxy) is 2. The van der Waals surface area contributed by atoms with Gasteiger partial charge in [0.15, 0.2) is 0 Å². The lowest BCUT2D eigenvalue weighted by atomic mass is 10.1. The van der Waals surface area contributed by atoms with Crippen LogP contribution in [0.3, 0.4) is 0 Å². The summed E-state index contributed by atoms with van der Waals surface area (Å²) in [5, 5.41) is 10.0. The van der Waals surface area contributed by atoms with Gasteiger partial charge in [-0.05, 0) is 19.8 Å². The van der Waals surface area contributed by atoms with Crippen LogP contribution in [0.15, 0.2) is 0 Å². The van der Waals surface area contributed by atoms with Crippen molar-refractivity contribution in [3.8, 4) is 0 Å². The Morgan fingerprint density at radius 3 is 3.06 bits per heavy atom. The van der Waals surface area contributed by atoms with Crippen LogP contribution >= 0.6 is 0 Å². The van der Waals surface area contributed by atoms with Crippen LogP contribution in [0, 0.1) is 0 Å². The fourth-order valence-corrected chi connectivity index (χ4v) is 2.09. The molecule has 2 unspecified atom stereocenters. The number of hydrogen-bond acceptors (Lipinski definition) is 5. The Kier molecular flexibility index (Phi) is 2.86. The Labute approximate surface area is 93.1 Å². The molecule has 6 heteroatoms. The molecule has 0 bridgehead atoms. The molecule has 90 valence electrons. The van der Waals surface area contributed by atoms with Crippen LogP contribution in [-0.4, -0.2) is 47.0 Å². The lowest BCUT2D eigenvalue weighted by Crippen LogP contribution is -2.49. The van der Waals surface area contributed by atoms with Gasteiger partial charge in [0.05, 0.1) is 6.61 Å². The number of rotatable bonds is 2. The SMILES string of the molecule is CCOC(=O)C1OC2(O)CCCCN2C1=O. The van der Waals surface area contributed by atoms with Crippen molar-refractivity contribution in [3.05, 3.63) is 0 Å². The minimum Gasteiger partial charge on any atom is -0.464 e. The van der Waals surface area contributed by atoms with Crippen molar-refractivity contribution in [1.29, 1.82) is 0 Å². The van der Waals surface area contributed by atoms with Gasteiger partial charge in [-0.1, -0.05) is 0 Å². The van der Waals surface area contributed by atoms with E-state index in [9.17, 15) is 14.7 Å². The maximum absolute atomic E-state index is 11.8. The third-order valence-corrected chi connectivity index (χ3v) is 2.85. The van der Waals surface area contributed by atoms with Crippen molar-refractivity contribution in [1.82, 2.24) is 4.90 Å². The number of hydrogen-bond donors (Lipinski definition) is 1. The highest BCUT2D eigenvalue weighted by Crippen LogP contribution is 2.34. The molecule has 2 rings (SSSR count).